The number of thiocarbonyl (C=S) groups is 1. The molecule has 0 saturated heterocycles. The van der Waals surface area contributed by atoms with E-state index in [1.807, 2.05) is 30.0 Å². The lowest BCUT2D eigenvalue weighted by Crippen LogP contribution is -2.23. The Morgan fingerprint density at radius 2 is 2.00 bits per heavy atom. The molecule has 0 radical (unpaired) electrons. The molecule has 0 saturated carbocycles. The highest BCUT2D eigenvalue weighted by atomic mass is 35.5. The molecule has 0 aliphatic rings. The largest absolute Gasteiger partial charge is 0.389 e. The summed E-state index contributed by atoms with van der Waals surface area (Å²) in [6.45, 7) is 3.17. The summed E-state index contributed by atoms with van der Waals surface area (Å²) in [7, 11) is 0. The first-order valence-corrected chi connectivity index (χ1v) is 7.39. The smallest absolute Gasteiger partial charge is 0.146 e. The lowest BCUT2D eigenvalue weighted by Gasteiger charge is -2.24. The first-order chi connectivity index (χ1) is 10.0. The molecule has 0 atom stereocenters. The van der Waals surface area contributed by atoms with Crippen molar-refractivity contribution in [3.8, 4) is 0 Å². The average Bonchev–Trinajstić information content (AvgIpc) is 2.47. The molecule has 21 heavy (non-hydrogen) atoms. The maximum atomic E-state index is 13.9. The van der Waals surface area contributed by atoms with Crippen LogP contribution < -0.4 is 10.6 Å². The SMILES string of the molecule is CCN(Cc1ccc(C(N)=S)cc1Cl)c1ccccc1F. The molecular weight excluding hydrogens is 307 g/mol. The van der Waals surface area contributed by atoms with Crippen molar-refractivity contribution in [1.82, 2.24) is 0 Å². The number of nitrogens with two attached hydrogens (primary N) is 1. The Morgan fingerprint density at radius 3 is 2.57 bits per heavy atom. The molecule has 2 nitrogen and oxygen atoms in total. The second-order valence-corrected chi connectivity index (χ2v) is 5.48. The number of rotatable bonds is 5. The first-order valence-electron chi connectivity index (χ1n) is 6.60. The van der Waals surface area contributed by atoms with Crippen LogP contribution in [0.5, 0.6) is 0 Å². The first kappa shape index (κ1) is 15.7. The molecule has 0 amide bonds. The zero-order chi connectivity index (χ0) is 15.4. The fraction of sp³-hybridized carbons (Fsp3) is 0.188. The summed E-state index contributed by atoms with van der Waals surface area (Å²) in [5.41, 5.74) is 7.78. The summed E-state index contributed by atoms with van der Waals surface area (Å²) in [6.07, 6.45) is 0. The summed E-state index contributed by atoms with van der Waals surface area (Å²) >= 11 is 11.2. The van der Waals surface area contributed by atoms with Gasteiger partial charge in [-0.15, -0.1) is 0 Å². The number of halogens is 2. The van der Waals surface area contributed by atoms with Crippen molar-refractivity contribution in [2.45, 2.75) is 13.5 Å². The Labute approximate surface area is 134 Å². The minimum atomic E-state index is -0.241. The number of hydrogen-bond donors (Lipinski definition) is 1. The van der Waals surface area contributed by atoms with Crippen molar-refractivity contribution in [2.75, 3.05) is 11.4 Å². The van der Waals surface area contributed by atoms with Crippen molar-refractivity contribution in [2.24, 2.45) is 5.73 Å². The molecule has 5 heteroatoms. The summed E-state index contributed by atoms with van der Waals surface area (Å²) in [5.74, 6) is -0.241. The maximum absolute atomic E-state index is 13.9. The third-order valence-corrected chi connectivity index (χ3v) is 3.86. The van der Waals surface area contributed by atoms with E-state index in [2.05, 4.69) is 0 Å². The molecule has 0 aliphatic heterocycles. The van der Waals surface area contributed by atoms with Gasteiger partial charge in [-0.1, -0.05) is 48.1 Å². The maximum Gasteiger partial charge on any atom is 0.146 e. The van der Waals surface area contributed by atoms with Crippen LogP contribution in [-0.4, -0.2) is 11.5 Å². The van der Waals surface area contributed by atoms with Crippen LogP contribution in [0.25, 0.3) is 0 Å². The van der Waals surface area contributed by atoms with Gasteiger partial charge < -0.3 is 10.6 Å². The van der Waals surface area contributed by atoms with Gasteiger partial charge in [0.1, 0.15) is 10.8 Å². The van der Waals surface area contributed by atoms with Crippen LogP contribution in [0.2, 0.25) is 5.02 Å². The van der Waals surface area contributed by atoms with Gasteiger partial charge in [-0.05, 0) is 30.7 Å². The molecule has 0 spiro atoms. The molecular formula is C16H16ClFN2S. The lowest BCUT2D eigenvalue weighted by molar-refractivity contribution is 0.618. The Balaban J connectivity index is 2.27. The quantitative estimate of drug-likeness (QED) is 0.839. The van der Waals surface area contributed by atoms with Gasteiger partial charge in [0, 0.05) is 23.7 Å². The Hall–Kier alpha value is -1.65. The molecule has 0 aliphatic carbocycles. The number of para-hydroxylation sites is 1. The summed E-state index contributed by atoms with van der Waals surface area (Å²) in [6, 6.07) is 12.2. The minimum absolute atomic E-state index is 0.241. The van der Waals surface area contributed by atoms with Crippen LogP contribution in [-0.2, 0) is 6.54 Å². The van der Waals surface area contributed by atoms with Crippen molar-refractivity contribution in [3.63, 3.8) is 0 Å². The second kappa shape index (κ2) is 6.87. The molecule has 0 unspecified atom stereocenters. The normalized spacial score (nSPS) is 10.4. The third-order valence-electron chi connectivity index (χ3n) is 3.27. The highest BCUT2D eigenvalue weighted by molar-refractivity contribution is 7.80. The van der Waals surface area contributed by atoms with E-state index >= 15 is 0 Å². The van der Waals surface area contributed by atoms with Crippen molar-refractivity contribution in [1.29, 1.82) is 0 Å². The fourth-order valence-corrected chi connectivity index (χ4v) is 2.48. The van der Waals surface area contributed by atoms with E-state index in [1.54, 1.807) is 18.2 Å². The molecule has 110 valence electrons. The van der Waals surface area contributed by atoms with Gasteiger partial charge in [-0.3, -0.25) is 0 Å². The molecule has 2 aromatic carbocycles. The molecule has 0 heterocycles. The van der Waals surface area contributed by atoms with Gasteiger partial charge in [-0.25, -0.2) is 4.39 Å². The second-order valence-electron chi connectivity index (χ2n) is 4.64. The summed E-state index contributed by atoms with van der Waals surface area (Å²) in [5, 5.41) is 0.579. The molecule has 2 aromatic rings. The van der Waals surface area contributed by atoms with Gasteiger partial charge in [0.15, 0.2) is 0 Å². The Kier molecular flexibility index (Phi) is 5.15. The van der Waals surface area contributed by atoms with Gasteiger partial charge >= 0.3 is 0 Å². The van der Waals surface area contributed by atoms with Gasteiger partial charge in [0.25, 0.3) is 0 Å². The monoisotopic (exact) mass is 322 g/mol. The van der Waals surface area contributed by atoms with E-state index in [1.165, 1.54) is 6.07 Å². The van der Waals surface area contributed by atoms with E-state index in [-0.39, 0.29) is 5.82 Å². The van der Waals surface area contributed by atoms with E-state index in [0.717, 1.165) is 11.1 Å². The van der Waals surface area contributed by atoms with Crippen LogP contribution in [0.3, 0.4) is 0 Å². The third kappa shape index (κ3) is 3.71. The Bertz CT molecular complexity index is 660. The van der Waals surface area contributed by atoms with Crippen LogP contribution in [0.15, 0.2) is 42.5 Å². The predicted molar refractivity (Wildman–Crippen MR) is 90.5 cm³/mol. The number of hydrogen-bond acceptors (Lipinski definition) is 2. The lowest BCUT2D eigenvalue weighted by atomic mass is 10.1. The minimum Gasteiger partial charge on any atom is -0.389 e. The number of benzene rings is 2. The van der Waals surface area contributed by atoms with Gasteiger partial charge in [-0.2, -0.15) is 0 Å². The van der Waals surface area contributed by atoms with Crippen molar-refractivity contribution >= 4 is 34.5 Å². The Morgan fingerprint density at radius 1 is 1.29 bits per heavy atom. The van der Waals surface area contributed by atoms with E-state index < -0.39 is 0 Å². The average molecular weight is 323 g/mol. The summed E-state index contributed by atoms with van der Waals surface area (Å²) < 4.78 is 13.9. The molecule has 2 N–H and O–H groups in total. The topological polar surface area (TPSA) is 29.3 Å². The number of anilines is 1. The van der Waals surface area contributed by atoms with Crippen molar-refractivity contribution < 1.29 is 4.39 Å². The van der Waals surface area contributed by atoms with Crippen LogP contribution in [0.4, 0.5) is 10.1 Å². The van der Waals surface area contributed by atoms with E-state index in [9.17, 15) is 4.39 Å². The van der Waals surface area contributed by atoms with Crippen LogP contribution in [0, 0.1) is 5.82 Å². The molecule has 0 bridgehead atoms. The molecule has 0 fully saturated rings. The van der Waals surface area contributed by atoms with Crippen molar-refractivity contribution in [3.05, 3.63) is 64.4 Å². The van der Waals surface area contributed by atoms with Crippen LogP contribution >= 0.6 is 23.8 Å². The zero-order valence-corrected chi connectivity index (χ0v) is 13.2. The van der Waals surface area contributed by atoms with Crippen LogP contribution in [0.1, 0.15) is 18.1 Å². The zero-order valence-electron chi connectivity index (χ0n) is 11.6. The molecule has 0 aromatic heterocycles. The number of nitrogens with zero attached hydrogens (tertiary/aromatic N) is 1. The fourth-order valence-electron chi connectivity index (χ4n) is 2.11. The molecule has 2 rings (SSSR count). The van der Waals surface area contributed by atoms with Gasteiger partial charge in [0.05, 0.1) is 5.69 Å². The highest BCUT2D eigenvalue weighted by Gasteiger charge is 2.12. The predicted octanol–water partition coefficient (Wildman–Crippen LogP) is 4.14. The van der Waals surface area contributed by atoms with E-state index in [4.69, 9.17) is 29.6 Å². The standard InChI is InChI=1S/C16H16ClFN2S/c1-2-20(15-6-4-3-5-14(15)18)10-12-8-7-11(16(19)21)9-13(12)17/h3-9H,2,10H2,1H3,(H2,19,21). The van der Waals surface area contributed by atoms with Gasteiger partial charge in [0.2, 0.25) is 0 Å². The highest BCUT2D eigenvalue weighted by Crippen LogP contribution is 2.24. The summed E-state index contributed by atoms with van der Waals surface area (Å²) in [4.78, 5) is 2.24. The van der Waals surface area contributed by atoms with E-state index in [0.29, 0.717) is 28.8 Å².